The summed E-state index contributed by atoms with van der Waals surface area (Å²) in [5.41, 5.74) is 0. The number of ether oxygens (including phenoxy) is 2. The fourth-order valence-corrected chi connectivity index (χ4v) is 1.43. The van der Waals surface area contributed by atoms with Crippen LogP contribution in [0.15, 0.2) is 0 Å². The molecule has 0 aromatic carbocycles. The number of carbonyl (C=O) groups excluding carboxylic acids is 4. The average molecular weight is 272 g/mol. The Morgan fingerprint density at radius 1 is 1.26 bits per heavy atom. The Morgan fingerprint density at radius 2 is 1.89 bits per heavy atom. The van der Waals surface area contributed by atoms with Gasteiger partial charge in [0.2, 0.25) is 0 Å². The van der Waals surface area contributed by atoms with Gasteiger partial charge in [-0.2, -0.15) is 0 Å². The van der Waals surface area contributed by atoms with E-state index in [1.54, 1.807) is 11.8 Å². The van der Waals surface area contributed by atoms with Crippen molar-refractivity contribution in [3.05, 3.63) is 0 Å². The molecule has 19 heavy (non-hydrogen) atoms. The van der Waals surface area contributed by atoms with E-state index in [9.17, 15) is 19.2 Å². The van der Waals surface area contributed by atoms with Crippen molar-refractivity contribution in [3.8, 4) is 0 Å². The van der Waals surface area contributed by atoms with Gasteiger partial charge in [0.15, 0.2) is 0 Å². The molecule has 0 bridgehead atoms. The Hall–Kier alpha value is -1.80. The van der Waals surface area contributed by atoms with E-state index in [2.05, 4.69) is 14.8 Å². The summed E-state index contributed by atoms with van der Waals surface area (Å²) in [5, 5.41) is 2.76. The molecule has 0 unspecified atom stereocenters. The van der Waals surface area contributed by atoms with Gasteiger partial charge in [-0.1, -0.05) is 6.92 Å². The topological polar surface area (TPSA) is 102 Å². The van der Waals surface area contributed by atoms with Crippen LogP contribution in [-0.2, 0) is 28.7 Å². The Bertz CT molecular complexity index is 365. The van der Waals surface area contributed by atoms with Gasteiger partial charge in [-0.15, -0.1) is 0 Å². The van der Waals surface area contributed by atoms with Crippen LogP contribution < -0.4 is 5.32 Å². The summed E-state index contributed by atoms with van der Waals surface area (Å²) >= 11 is 0. The van der Waals surface area contributed by atoms with Crippen molar-refractivity contribution in [1.29, 1.82) is 0 Å². The number of hydrogen-bond acceptors (Lipinski definition) is 8. The van der Waals surface area contributed by atoms with Gasteiger partial charge in [-0.25, -0.2) is 0 Å². The summed E-state index contributed by atoms with van der Waals surface area (Å²) in [4.78, 5) is 45.5. The van der Waals surface area contributed by atoms with Crippen molar-refractivity contribution in [2.45, 2.75) is 13.3 Å². The second-order valence-electron chi connectivity index (χ2n) is 3.93. The van der Waals surface area contributed by atoms with Crippen molar-refractivity contribution in [2.75, 3.05) is 32.7 Å². The maximum atomic E-state index is 11.1. The predicted octanol–water partition coefficient (Wildman–Crippen LogP) is -1.56. The lowest BCUT2D eigenvalue weighted by molar-refractivity contribution is -0.167. The minimum Gasteiger partial charge on any atom is -0.392 e. The number of morpholine rings is 1. The van der Waals surface area contributed by atoms with Gasteiger partial charge in [0, 0.05) is 19.5 Å². The molecule has 1 aliphatic heterocycles. The lowest BCUT2D eigenvalue weighted by Gasteiger charge is -2.23. The van der Waals surface area contributed by atoms with E-state index >= 15 is 0 Å². The zero-order valence-corrected chi connectivity index (χ0v) is 10.6. The third kappa shape index (κ3) is 6.07. The van der Waals surface area contributed by atoms with Crippen molar-refractivity contribution in [2.24, 2.45) is 0 Å². The molecule has 0 amide bonds. The van der Waals surface area contributed by atoms with Crippen LogP contribution in [0.4, 0.5) is 0 Å². The second-order valence-corrected chi connectivity index (χ2v) is 3.93. The Kier molecular flexibility index (Phi) is 6.10. The van der Waals surface area contributed by atoms with Crippen LogP contribution in [-0.4, -0.2) is 61.5 Å². The van der Waals surface area contributed by atoms with Crippen LogP contribution in [0.1, 0.15) is 13.3 Å². The first-order valence-corrected chi connectivity index (χ1v) is 5.91. The van der Waals surface area contributed by atoms with E-state index in [0.717, 1.165) is 0 Å². The van der Waals surface area contributed by atoms with Gasteiger partial charge >= 0.3 is 23.9 Å². The number of carbonyl (C=O) groups is 4. The molecular weight excluding hydrogens is 256 g/mol. The largest absolute Gasteiger partial charge is 0.392 e. The molecule has 1 heterocycles. The molecule has 1 aliphatic rings. The van der Waals surface area contributed by atoms with E-state index in [1.165, 1.54) is 0 Å². The normalized spacial score (nSPS) is 16.1. The molecule has 0 radical (unpaired) electrons. The molecule has 0 aliphatic carbocycles. The minimum absolute atomic E-state index is 0.0478. The molecule has 0 spiro atoms. The molecule has 0 saturated carbocycles. The number of hydrogen-bond donors (Lipinski definition) is 1. The lowest BCUT2D eigenvalue weighted by atomic mass is 10.4. The van der Waals surface area contributed by atoms with Crippen LogP contribution in [0.25, 0.3) is 0 Å². The number of esters is 4. The fourth-order valence-electron chi connectivity index (χ4n) is 1.43. The number of nitrogens with zero attached hydrogens (tertiary/aromatic N) is 1. The van der Waals surface area contributed by atoms with Crippen molar-refractivity contribution in [1.82, 2.24) is 10.2 Å². The molecule has 106 valence electrons. The van der Waals surface area contributed by atoms with Crippen molar-refractivity contribution in [3.63, 3.8) is 0 Å². The van der Waals surface area contributed by atoms with Crippen LogP contribution in [0.2, 0.25) is 0 Å². The third-order valence-electron chi connectivity index (χ3n) is 2.32. The maximum Gasteiger partial charge on any atom is 0.327 e. The molecule has 8 nitrogen and oxygen atoms in total. The number of rotatable bonds is 6. The summed E-state index contributed by atoms with van der Waals surface area (Å²) in [6.07, 6.45) is 0.143. The summed E-state index contributed by atoms with van der Waals surface area (Å²) in [5.74, 6) is -2.38. The Balaban J connectivity index is 2.13. The van der Waals surface area contributed by atoms with Crippen molar-refractivity contribution < 1.29 is 28.7 Å². The van der Waals surface area contributed by atoms with E-state index in [-0.39, 0.29) is 26.1 Å². The molecule has 0 atom stereocenters. The standard InChI is InChI=1S/C11H16N2O6/c1-2-8(14)18-9(15)5-12-3-4-13-6-10(16)19-11(17)7-13/h12H,2-7H2,1H3. The van der Waals surface area contributed by atoms with Gasteiger partial charge in [-0.05, 0) is 0 Å². The van der Waals surface area contributed by atoms with Gasteiger partial charge in [0.1, 0.15) is 0 Å². The smallest absolute Gasteiger partial charge is 0.327 e. The predicted molar refractivity (Wildman–Crippen MR) is 61.8 cm³/mol. The van der Waals surface area contributed by atoms with E-state index in [4.69, 9.17) is 0 Å². The zero-order chi connectivity index (χ0) is 14.3. The molecule has 1 rings (SSSR count). The van der Waals surface area contributed by atoms with Gasteiger partial charge in [0.05, 0.1) is 19.6 Å². The Morgan fingerprint density at radius 3 is 2.47 bits per heavy atom. The fraction of sp³-hybridized carbons (Fsp3) is 0.636. The maximum absolute atomic E-state index is 11.1. The summed E-state index contributed by atoms with van der Waals surface area (Å²) < 4.78 is 8.81. The highest BCUT2D eigenvalue weighted by Gasteiger charge is 2.24. The first kappa shape index (κ1) is 15.3. The lowest BCUT2D eigenvalue weighted by Crippen LogP contribution is -2.45. The van der Waals surface area contributed by atoms with Crippen LogP contribution in [0, 0.1) is 0 Å². The van der Waals surface area contributed by atoms with Crippen LogP contribution in [0.5, 0.6) is 0 Å². The first-order chi connectivity index (χ1) is 9.01. The third-order valence-corrected chi connectivity index (χ3v) is 2.32. The van der Waals surface area contributed by atoms with E-state index < -0.39 is 23.9 Å². The monoisotopic (exact) mass is 272 g/mol. The van der Waals surface area contributed by atoms with Crippen LogP contribution >= 0.6 is 0 Å². The quantitative estimate of drug-likeness (QED) is 0.352. The van der Waals surface area contributed by atoms with Gasteiger partial charge in [-0.3, -0.25) is 24.1 Å². The van der Waals surface area contributed by atoms with Gasteiger partial charge < -0.3 is 14.8 Å². The molecular formula is C11H16N2O6. The number of cyclic esters (lactones) is 2. The van der Waals surface area contributed by atoms with Gasteiger partial charge in [0.25, 0.3) is 0 Å². The molecule has 8 heteroatoms. The van der Waals surface area contributed by atoms with Crippen molar-refractivity contribution >= 4 is 23.9 Å². The molecule has 1 saturated heterocycles. The molecule has 0 aromatic rings. The summed E-state index contributed by atoms with van der Waals surface area (Å²) in [6, 6.07) is 0. The van der Waals surface area contributed by atoms with E-state index in [0.29, 0.717) is 13.1 Å². The molecule has 0 aromatic heterocycles. The molecule has 1 fully saturated rings. The minimum atomic E-state index is -0.652. The Labute approximate surface area is 110 Å². The second kappa shape index (κ2) is 7.59. The summed E-state index contributed by atoms with van der Waals surface area (Å²) in [6.45, 7) is 2.39. The highest BCUT2D eigenvalue weighted by Crippen LogP contribution is 1.98. The van der Waals surface area contributed by atoms with E-state index in [1.807, 2.05) is 0 Å². The SMILES string of the molecule is CCC(=O)OC(=O)CNCCN1CC(=O)OC(=O)C1. The zero-order valence-electron chi connectivity index (χ0n) is 10.6. The van der Waals surface area contributed by atoms with Crippen LogP contribution in [0.3, 0.4) is 0 Å². The highest BCUT2D eigenvalue weighted by molar-refractivity contribution is 5.90. The highest BCUT2D eigenvalue weighted by atomic mass is 16.6. The number of nitrogens with one attached hydrogen (secondary N) is 1. The average Bonchev–Trinajstić information content (AvgIpc) is 2.33. The molecule has 1 N–H and O–H groups in total. The first-order valence-electron chi connectivity index (χ1n) is 5.91. The summed E-state index contributed by atoms with van der Waals surface area (Å²) in [7, 11) is 0.